The molecule has 0 bridgehead atoms. The predicted molar refractivity (Wildman–Crippen MR) is 121 cm³/mol. The number of amides is 1. The summed E-state index contributed by atoms with van der Waals surface area (Å²) in [5.41, 5.74) is 1.17. The molecule has 2 aromatic carbocycles. The molecular weight excluding hydrogens is 481 g/mol. The summed E-state index contributed by atoms with van der Waals surface area (Å²) in [7, 11) is 0. The van der Waals surface area contributed by atoms with Crippen LogP contribution in [0.1, 0.15) is 15.9 Å². The number of pyridine rings is 2. The van der Waals surface area contributed by atoms with Crippen molar-refractivity contribution in [1.82, 2.24) is 9.55 Å². The summed E-state index contributed by atoms with van der Waals surface area (Å²) in [5, 5.41) is 3.37. The van der Waals surface area contributed by atoms with E-state index in [0.717, 1.165) is 5.56 Å². The van der Waals surface area contributed by atoms with Crippen LogP contribution in [0.25, 0.3) is 10.9 Å². The SMILES string of the molecule is O=C(Nc1ccccn1)c1c(OI)c2ccccc2n(Cc2ccccc2)c1=O. The van der Waals surface area contributed by atoms with E-state index in [4.69, 9.17) is 3.07 Å². The average molecular weight is 497 g/mol. The van der Waals surface area contributed by atoms with E-state index in [9.17, 15) is 9.59 Å². The number of fused-ring (bicyclic) bond motifs is 1. The van der Waals surface area contributed by atoms with Gasteiger partial charge in [-0.25, -0.2) is 4.98 Å². The van der Waals surface area contributed by atoms with Gasteiger partial charge in [0, 0.05) is 11.6 Å². The van der Waals surface area contributed by atoms with Crippen molar-refractivity contribution in [2.24, 2.45) is 0 Å². The molecule has 1 N–H and O–H groups in total. The van der Waals surface area contributed by atoms with Gasteiger partial charge in [0.25, 0.3) is 11.5 Å². The number of nitrogens with one attached hydrogen (secondary N) is 1. The second kappa shape index (κ2) is 8.44. The molecule has 4 rings (SSSR count). The van der Waals surface area contributed by atoms with Gasteiger partial charge in [0.2, 0.25) is 0 Å². The molecule has 0 fully saturated rings. The number of carbonyl (C=O) groups excluding carboxylic acids is 1. The maximum absolute atomic E-state index is 13.4. The first-order chi connectivity index (χ1) is 14.2. The van der Waals surface area contributed by atoms with E-state index in [-0.39, 0.29) is 11.3 Å². The third-order valence-electron chi connectivity index (χ3n) is 4.52. The zero-order valence-corrected chi connectivity index (χ0v) is 17.4. The summed E-state index contributed by atoms with van der Waals surface area (Å²) >= 11 is 1.70. The molecule has 7 heteroatoms. The van der Waals surface area contributed by atoms with E-state index in [1.54, 1.807) is 52.0 Å². The number of aromatic nitrogens is 2. The fraction of sp³-hybridized carbons (Fsp3) is 0.0455. The van der Waals surface area contributed by atoms with Crippen molar-refractivity contribution in [3.63, 3.8) is 0 Å². The summed E-state index contributed by atoms with van der Waals surface area (Å²) in [6, 6.07) is 22.2. The fourth-order valence-electron chi connectivity index (χ4n) is 3.20. The van der Waals surface area contributed by atoms with Gasteiger partial charge in [0.1, 0.15) is 11.4 Å². The number of nitrogens with zero attached hydrogens (tertiary/aromatic N) is 2. The molecular formula is C22H16IN3O3. The van der Waals surface area contributed by atoms with Crippen molar-refractivity contribution in [3.05, 3.63) is 100 Å². The smallest absolute Gasteiger partial charge is 0.268 e. The van der Waals surface area contributed by atoms with E-state index >= 15 is 0 Å². The zero-order chi connectivity index (χ0) is 20.2. The Bertz CT molecular complexity index is 1220. The second-order valence-corrected chi connectivity index (χ2v) is 6.78. The van der Waals surface area contributed by atoms with Crippen LogP contribution < -0.4 is 13.9 Å². The first kappa shape index (κ1) is 19.1. The van der Waals surface area contributed by atoms with Gasteiger partial charge in [0.15, 0.2) is 28.8 Å². The van der Waals surface area contributed by atoms with Gasteiger partial charge in [-0.05, 0) is 29.8 Å². The highest BCUT2D eigenvalue weighted by Gasteiger charge is 2.24. The average Bonchev–Trinajstić information content (AvgIpc) is 2.76. The molecule has 6 nitrogen and oxygen atoms in total. The summed E-state index contributed by atoms with van der Waals surface area (Å²) in [6.45, 7) is 0.339. The van der Waals surface area contributed by atoms with Gasteiger partial charge in [-0.15, -0.1) is 0 Å². The number of hydrogen-bond donors (Lipinski definition) is 1. The van der Waals surface area contributed by atoms with E-state index in [2.05, 4.69) is 10.3 Å². The Kier molecular flexibility index (Phi) is 5.57. The molecule has 4 aromatic rings. The molecule has 0 unspecified atom stereocenters. The highest BCUT2D eigenvalue weighted by molar-refractivity contribution is 14.1. The summed E-state index contributed by atoms with van der Waals surface area (Å²) in [4.78, 5) is 30.5. The van der Waals surface area contributed by atoms with Crippen LogP contribution in [-0.2, 0) is 6.54 Å². The first-order valence-corrected chi connectivity index (χ1v) is 9.77. The Labute approximate surface area is 180 Å². The first-order valence-electron chi connectivity index (χ1n) is 8.89. The number of hydrogen-bond acceptors (Lipinski definition) is 4. The normalized spacial score (nSPS) is 10.7. The van der Waals surface area contributed by atoms with Gasteiger partial charge in [-0.3, -0.25) is 9.59 Å². The van der Waals surface area contributed by atoms with Crippen LogP contribution in [0.15, 0.2) is 83.8 Å². The number of rotatable bonds is 5. The number of para-hydroxylation sites is 1. The second-order valence-electron chi connectivity index (χ2n) is 6.34. The minimum atomic E-state index is -0.562. The van der Waals surface area contributed by atoms with E-state index in [0.29, 0.717) is 23.3 Å². The Morgan fingerprint density at radius 2 is 1.72 bits per heavy atom. The van der Waals surface area contributed by atoms with Gasteiger partial charge >= 0.3 is 0 Å². The zero-order valence-electron chi connectivity index (χ0n) is 15.2. The summed E-state index contributed by atoms with van der Waals surface area (Å²) in [6.07, 6.45) is 1.57. The van der Waals surface area contributed by atoms with Crippen molar-refractivity contribution in [3.8, 4) is 5.75 Å². The van der Waals surface area contributed by atoms with Gasteiger partial charge in [-0.1, -0.05) is 48.5 Å². The molecule has 0 radical (unpaired) electrons. The van der Waals surface area contributed by atoms with Crippen LogP contribution in [-0.4, -0.2) is 15.5 Å². The molecule has 144 valence electrons. The lowest BCUT2D eigenvalue weighted by Crippen LogP contribution is -2.30. The summed E-state index contributed by atoms with van der Waals surface area (Å²) in [5.74, 6) is 0.0379. The van der Waals surface area contributed by atoms with Crippen molar-refractivity contribution >= 4 is 45.6 Å². The van der Waals surface area contributed by atoms with Crippen molar-refractivity contribution < 1.29 is 7.86 Å². The van der Waals surface area contributed by atoms with Crippen molar-refractivity contribution in [2.45, 2.75) is 6.54 Å². The van der Waals surface area contributed by atoms with E-state index < -0.39 is 11.5 Å². The third-order valence-corrected chi connectivity index (χ3v) is 4.96. The van der Waals surface area contributed by atoms with Gasteiger partial charge in [-0.2, -0.15) is 0 Å². The lowest BCUT2D eigenvalue weighted by atomic mass is 10.1. The molecule has 1 amide bonds. The molecule has 0 aliphatic rings. The lowest BCUT2D eigenvalue weighted by Gasteiger charge is -2.16. The minimum absolute atomic E-state index is 0.0558. The van der Waals surface area contributed by atoms with Gasteiger partial charge in [0.05, 0.1) is 12.1 Å². The quantitative estimate of drug-likeness (QED) is 0.415. The van der Waals surface area contributed by atoms with Crippen LogP contribution in [0.5, 0.6) is 5.75 Å². The molecule has 0 aliphatic heterocycles. The minimum Gasteiger partial charge on any atom is -0.426 e. The Hall–Kier alpha value is -3.20. The maximum Gasteiger partial charge on any atom is 0.268 e. The number of carbonyl (C=O) groups is 1. The van der Waals surface area contributed by atoms with Crippen LogP contribution in [0.2, 0.25) is 0 Å². The molecule has 0 saturated heterocycles. The van der Waals surface area contributed by atoms with Crippen molar-refractivity contribution in [1.29, 1.82) is 0 Å². The van der Waals surface area contributed by atoms with Gasteiger partial charge < -0.3 is 13.0 Å². The summed E-state index contributed by atoms with van der Waals surface area (Å²) < 4.78 is 7.07. The molecule has 2 heterocycles. The number of anilines is 1. The molecule has 0 saturated carbocycles. The van der Waals surface area contributed by atoms with Crippen molar-refractivity contribution in [2.75, 3.05) is 5.32 Å². The Balaban J connectivity index is 1.90. The highest BCUT2D eigenvalue weighted by Crippen LogP contribution is 2.30. The van der Waals surface area contributed by atoms with E-state index in [1.807, 2.05) is 54.6 Å². The highest BCUT2D eigenvalue weighted by atomic mass is 127. The Morgan fingerprint density at radius 3 is 2.45 bits per heavy atom. The number of halogens is 1. The maximum atomic E-state index is 13.4. The lowest BCUT2D eigenvalue weighted by molar-refractivity contribution is 0.102. The van der Waals surface area contributed by atoms with Crippen LogP contribution in [0, 0.1) is 0 Å². The molecule has 29 heavy (non-hydrogen) atoms. The Morgan fingerprint density at radius 1 is 1.00 bits per heavy atom. The third kappa shape index (κ3) is 3.86. The van der Waals surface area contributed by atoms with E-state index in [1.165, 1.54) is 0 Å². The molecule has 0 aliphatic carbocycles. The largest absolute Gasteiger partial charge is 0.426 e. The monoisotopic (exact) mass is 497 g/mol. The van der Waals surface area contributed by atoms with Crippen LogP contribution in [0.3, 0.4) is 0 Å². The van der Waals surface area contributed by atoms with Crippen LogP contribution in [0.4, 0.5) is 5.82 Å². The molecule has 0 atom stereocenters. The van der Waals surface area contributed by atoms with Crippen LogP contribution >= 0.6 is 23.0 Å². The topological polar surface area (TPSA) is 73.2 Å². The molecule has 2 aromatic heterocycles. The number of benzene rings is 2. The molecule has 0 spiro atoms. The fourth-order valence-corrected chi connectivity index (χ4v) is 3.65. The predicted octanol–water partition coefficient (Wildman–Crippen LogP) is 4.43. The standard InChI is InChI=1S/C22H16IN3O3/c23-29-20-16-10-4-5-11-17(16)26(14-15-8-2-1-3-9-15)22(28)19(20)21(27)25-18-12-6-7-13-24-18/h1-13H,14H2,(H,24,25,27).